The first-order valence-corrected chi connectivity index (χ1v) is 24.6. The number of carboxylic acids is 2. The van der Waals surface area contributed by atoms with Crippen LogP contribution in [0, 0.1) is 11.8 Å². The molecule has 0 aromatic carbocycles. The number of aliphatic carboxylic acids is 2. The second kappa shape index (κ2) is 26.4. The van der Waals surface area contributed by atoms with E-state index in [-0.39, 0.29) is 42.4 Å². The summed E-state index contributed by atoms with van der Waals surface area (Å²) in [6.07, 6.45) is 25.7. The van der Waals surface area contributed by atoms with E-state index in [1.807, 2.05) is 21.6 Å². The highest BCUT2D eigenvalue weighted by Gasteiger charge is 2.29. The van der Waals surface area contributed by atoms with Crippen LogP contribution >= 0.6 is 40.6 Å². The molecule has 0 bridgehead atoms. The Hall–Kier alpha value is -0.440. The third kappa shape index (κ3) is 17.9. The molecule has 0 saturated heterocycles. The molecule has 47 heavy (non-hydrogen) atoms. The van der Waals surface area contributed by atoms with Crippen molar-refractivity contribution >= 4 is 63.3 Å². The Morgan fingerprint density at radius 2 is 0.915 bits per heavy atom. The van der Waals surface area contributed by atoms with Crippen LogP contribution in [0.1, 0.15) is 175 Å². The van der Waals surface area contributed by atoms with E-state index >= 15 is 0 Å². The lowest BCUT2D eigenvalue weighted by molar-refractivity contribution is -0.138. The van der Waals surface area contributed by atoms with Crippen LogP contribution in [-0.4, -0.2) is 43.4 Å². The Labute approximate surface area is 301 Å². The molecule has 272 valence electrons. The summed E-state index contributed by atoms with van der Waals surface area (Å²) in [7, 11) is 3.74. The van der Waals surface area contributed by atoms with Gasteiger partial charge in [0.25, 0.3) is 0 Å². The number of hydrogen-bond acceptors (Lipinski definition) is 4. The predicted octanol–water partition coefficient (Wildman–Crippen LogP) is 13.4. The molecule has 2 N–H and O–H groups in total. The standard InChI is InChI=1S/C39H68O4S4/c1-5-9-13-15-17-21-32(19-11-7-3)34-28-44-46(30-34)36(23-25-38(40)41)27-37(24-26-39(42)43)47-31-35(29-45-47)33(20-12-8-4)22-18-16-14-10-6-2/h28-33,36-37H,5-27H2,1-4H3,(H,40,41)(H,42,43). The van der Waals surface area contributed by atoms with Gasteiger partial charge in [0.2, 0.25) is 0 Å². The molecule has 0 fully saturated rings. The Kier molecular flexibility index (Phi) is 24.0. The molecule has 0 aromatic heterocycles. The van der Waals surface area contributed by atoms with Gasteiger partial charge < -0.3 is 10.2 Å². The zero-order valence-corrected chi connectivity index (χ0v) is 33.5. The SMILES string of the molecule is CCCCCCCC(CCCC)C1=CSS(C(CCC(=O)O)CC(CCC(=O)O)S2=CC(C(CCCC)CCCCCCC)=CS2)=C1. The average molecular weight is 729 g/mol. The van der Waals surface area contributed by atoms with Gasteiger partial charge in [0.15, 0.2) is 0 Å². The summed E-state index contributed by atoms with van der Waals surface area (Å²) < 4.78 is 0. The van der Waals surface area contributed by atoms with Crippen molar-refractivity contribution in [3.8, 4) is 0 Å². The molecule has 2 heterocycles. The normalized spacial score (nSPS) is 20.2. The highest BCUT2D eigenvalue weighted by Crippen LogP contribution is 2.52. The van der Waals surface area contributed by atoms with E-state index < -0.39 is 11.9 Å². The fraction of sp³-hybridized carbons (Fsp3) is 0.795. The second-order valence-corrected chi connectivity index (χ2v) is 21.2. The highest BCUT2D eigenvalue weighted by atomic mass is 33.1. The largest absolute Gasteiger partial charge is 0.481 e. The molecule has 2 aliphatic heterocycles. The minimum absolute atomic E-state index is 0.0596. The third-order valence-corrected chi connectivity index (χ3v) is 18.2. The maximum Gasteiger partial charge on any atom is 0.303 e. The van der Waals surface area contributed by atoms with Gasteiger partial charge in [-0.1, -0.05) is 139 Å². The van der Waals surface area contributed by atoms with E-state index in [0.29, 0.717) is 24.7 Å². The van der Waals surface area contributed by atoms with Crippen LogP contribution in [0.2, 0.25) is 0 Å². The maximum atomic E-state index is 11.8. The van der Waals surface area contributed by atoms with Gasteiger partial charge in [-0.25, -0.2) is 0 Å². The molecular weight excluding hydrogens is 661 g/mol. The number of unbranched alkanes of at least 4 members (excludes halogenated alkanes) is 10. The topological polar surface area (TPSA) is 74.6 Å². The lowest BCUT2D eigenvalue weighted by Crippen LogP contribution is -2.17. The van der Waals surface area contributed by atoms with Gasteiger partial charge in [-0.05, 0) is 89.5 Å². The molecule has 0 aromatic rings. The van der Waals surface area contributed by atoms with Crippen LogP contribution in [0.15, 0.2) is 22.0 Å². The Bertz CT molecular complexity index is 954. The number of carboxylic acid groups (broad SMARTS) is 2. The van der Waals surface area contributed by atoms with Crippen LogP contribution in [0.4, 0.5) is 0 Å². The van der Waals surface area contributed by atoms with Gasteiger partial charge in [-0.2, -0.15) is 0 Å². The summed E-state index contributed by atoms with van der Waals surface area (Å²) in [6, 6.07) is 0. The Morgan fingerprint density at radius 1 is 0.553 bits per heavy atom. The minimum atomic E-state index is -0.725. The fourth-order valence-corrected chi connectivity index (χ4v) is 15.7. The van der Waals surface area contributed by atoms with Gasteiger partial charge >= 0.3 is 11.9 Å². The lowest BCUT2D eigenvalue weighted by atomic mass is 9.90. The maximum absolute atomic E-state index is 11.8. The molecule has 8 heteroatoms. The highest BCUT2D eigenvalue weighted by molar-refractivity contribution is 8.86. The van der Waals surface area contributed by atoms with Gasteiger partial charge in [-0.3, -0.25) is 9.59 Å². The van der Waals surface area contributed by atoms with Crippen LogP contribution in [0.5, 0.6) is 0 Å². The first kappa shape index (κ1) is 42.7. The second-order valence-electron chi connectivity index (χ2n) is 13.7. The van der Waals surface area contributed by atoms with Crippen molar-refractivity contribution in [3.63, 3.8) is 0 Å². The van der Waals surface area contributed by atoms with Crippen molar-refractivity contribution in [2.45, 2.75) is 186 Å². The van der Waals surface area contributed by atoms with Crippen molar-refractivity contribution in [1.29, 1.82) is 0 Å². The minimum Gasteiger partial charge on any atom is -0.481 e. The lowest BCUT2D eigenvalue weighted by Gasteiger charge is -2.26. The number of hydrogen-bond donors (Lipinski definition) is 2. The van der Waals surface area contributed by atoms with Crippen LogP contribution in [-0.2, 0) is 9.59 Å². The van der Waals surface area contributed by atoms with E-state index in [0.717, 1.165) is 6.42 Å². The summed E-state index contributed by atoms with van der Waals surface area (Å²) in [5.41, 5.74) is 2.99. The predicted molar refractivity (Wildman–Crippen MR) is 217 cm³/mol. The summed E-state index contributed by atoms with van der Waals surface area (Å²) >= 11 is 0. The van der Waals surface area contributed by atoms with Crippen molar-refractivity contribution in [3.05, 3.63) is 22.0 Å². The van der Waals surface area contributed by atoms with Crippen LogP contribution in [0.3, 0.4) is 0 Å². The van der Waals surface area contributed by atoms with Crippen molar-refractivity contribution in [2.75, 3.05) is 0 Å². The van der Waals surface area contributed by atoms with E-state index in [1.165, 1.54) is 127 Å². The molecule has 0 spiro atoms. The third-order valence-electron chi connectivity index (χ3n) is 9.71. The zero-order valence-electron chi connectivity index (χ0n) is 30.2. The Morgan fingerprint density at radius 3 is 1.28 bits per heavy atom. The van der Waals surface area contributed by atoms with E-state index in [2.05, 4.69) is 49.2 Å². The zero-order chi connectivity index (χ0) is 34.3. The number of carbonyl (C=O) groups is 2. The molecule has 2 aliphatic rings. The van der Waals surface area contributed by atoms with E-state index in [1.54, 1.807) is 0 Å². The summed E-state index contributed by atoms with van der Waals surface area (Å²) in [4.78, 5) is 23.6. The fourth-order valence-electron chi connectivity index (χ4n) is 6.70. The molecular formula is C39H68O4S4. The molecule has 0 saturated carbocycles. The summed E-state index contributed by atoms with van der Waals surface area (Å²) in [6.45, 7) is 9.10. The molecule has 6 unspecified atom stereocenters. The first-order chi connectivity index (χ1) is 22.8. The van der Waals surface area contributed by atoms with Gasteiger partial charge in [0, 0.05) is 23.3 Å². The molecule has 2 rings (SSSR count). The number of allylic oxidation sites excluding steroid dienone is 2. The molecule has 0 amide bonds. The van der Waals surface area contributed by atoms with Crippen LogP contribution < -0.4 is 0 Å². The van der Waals surface area contributed by atoms with Gasteiger partial charge in [0.1, 0.15) is 0 Å². The van der Waals surface area contributed by atoms with Crippen molar-refractivity contribution in [2.24, 2.45) is 11.8 Å². The summed E-state index contributed by atoms with van der Waals surface area (Å²) in [5.74, 6) is -0.230. The first-order valence-electron chi connectivity index (χ1n) is 19.1. The monoisotopic (exact) mass is 728 g/mol. The molecule has 4 nitrogen and oxygen atoms in total. The Balaban J connectivity index is 2.23. The smallest absolute Gasteiger partial charge is 0.303 e. The average Bonchev–Trinajstić information content (AvgIpc) is 3.74. The number of rotatable bonds is 30. The summed E-state index contributed by atoms with van der Waals surface area (Å²) in [5, 5.41) is 29.8. The molecule has 6 atom stereocenters. The van der Waals surface area contributed by atoms with Crippen molar-refractivity contribution in [1.82, 2.24) is 0 Å². The van der Waals surface area contributed by atoms with Gasteiger partial charge in [-0.15, -0.1) is 19.0 Å². The van der Waals surface area contributed by atoms with Gasteiger partial charge in [0.05, 0.1) is 0 Å². The molecule has 0 aliphatic carbocycles. The van der Waals surface area contributed by atoms with Crippen LogP contribution in [0.25, 0.3) is 0 Å². The van der Waals surface area contributed by atoms with E-state index in [4.69, 9.17) is 0 Å². The molecule has 0 radical (unpaired) electrons. The van der Waals surface area contributed by atoms with Crippen molar-refractivity contribution < 1.29 is 19.8 Å². The quantitative estimate of drug-likeness (QED) is 0.0436. The van der Waals surface area contributed by atoms with E-state index in [9.17, 15) is 19.8 Å².